The maximum absolute atomic E-state index is 11.3. The number of phenols is 1. The zero-order valence-corrected chi connectivity index (χ0v) is 9.43. The van der Waals surface area contributed by atoms with E-state index in [1.54, 1.807) is 12.1 Å². The molecule has 1 N–H and O–H groups in total. The normalized spacial score (nSPS) is 10.2. The molecule has 1 aromatic carbocycles. The van der Waals surface area contributed by atoms with E-state index in [2.05, 4.69) is 9.72 Å². The first kappa shape index (κ1) is 11.2. The highest BCUT2D eigenvalue weighted by Gasteiger charge is 2.11. The summed E-state index contributed by atoms with van der Waals surface area (Å²) >= 11 is 0. The zero-order chi connectivity index (χ0) is 12.4. The smallest absolute Gasteiger partial charge is 0.356 e. The molecule has 17 heavy (non-hydrogen) atoms. The van der Waals surface area contributed by atoms with Crippen LogP contribution in [0.25, 0.3) is 10.9 Å². The van der Waals surface area contributed by atoms with Gasteiger partial charge in [0.2, 0.25) is 0 Å². The Bertz CT molecular complexity index is 580. The van der Waals surface area contributed by atoms with Gasteiger partial charge in [0, 0.05) is 17.5 Å². The molecule has 0 unspecified atom stereocenters. The van der Waals surface area contributed by atoms with Gasteiger partial charge < -0.3 is 14.6 Å². The quantitative estimate of drug-likeness (QED) is 0.800. The van der Waals surface area contributed by atoms with Crippen LogP contribution in [0.15, 0.2) is 24.3 Å². The summed E-state index contributed by atoms with van der Waals surface area (Å²) in [6, 6.07) is 6.20. The summed E-state index contributed by atoms with van der Waals surface area (Å²) in [6.45, 7) is 0. The Balaban J connectivity index is 2.65. The van der Waals surface area contributed by atoms with Gasteiger partial charge in [-0.25, -0.2) is 9.78 Å². The predicted octanol–water partition coefficient (Wildman–Crippen LogP) is 1.74. The Morgan fingerprint density at radius 3 is 2.71 bits per heavy atom. The largest absolute Gasteiger partial charge is 0.508 e. The highest BCUT2D eigenvalue weighted by molar-refractivity contribution is 5.93. The fourth-order valence-electron chi connectivity index (χ4n) is 1.57. The molecule has 0 spiro atoms. The maximum Gasteiger partial charge on any atom is 0.356 e. The van der Waals surface area contributed by atoms with Crippen LogP contribution in [0.2, 0.25) is 0 Å². The van der Waals surface area contributed by atoms with E-state index in [1.807, 2.05) is 0 Å². The van der Waals surface area contributed by atoms with E-state index in [1.165, 1.54) is 26.4 Å². The maximum atomic E-state index is 11.3. The number of fused-ring (bicyclic) bond motifs is 1. The number of hydrogen-bond acceptors (Lipinski definition) is 5. The number of aromatic nitrogens is 1. The predicted molar refractivity (Wildman–Crippen MR) is 61.3 cm³/mol. The van der Waals surface area contributed by atoms with Crippen LogP contribution in [0, 0.1) is 0 Å². The van der Waals surface area contributed by atoms with Crippen molar-refractivity contribution in [3.05, 3.63) is 30.0 Å². The number of methoxy groups -OCH3 is 2. The number of carbonyl (C=O) groups is 1. The standard InChI is InChI=1S/C12H11NO4/c1-16-11-6-7(14)5-10-8(11)3-4-9(13-10)12(15)17-2/h3-6,14H,1-2H3. The molecule has 0 atom stereocenters. The summed E-state index contributed by atoms with van der Waals surface area (Å²) < 4.78 is 9.70. The summed E-state index contributed by atoms with van der Waals surface area (Å²) in [4.78, 5) is 15.4. The van der Waals surface area contributed by atoms with Crippen molar-refractivity contribution in [2.75, 3.05) is 14.2 Å². The molecule has 2 aromatic rings. The summed E-state index contributed by atoms with van der Waals surface area (Å²) in [6.07, 6.45) is 0. The number of nitrogens with zero attached hydrogens (tertiary/aromatic N) is 1. The van der Waals surface area contributed by atoms with E-state index in [0.29, 0.717) is 11.3 Å². The van der Waals surface area contributed by atoms with Crippen molar-refractivity contribution >= 4 is 16.9 Å². The molecule has 2 rings (SSSR count). The first-order chi connectivity index (χ1) is 8.15. The van der Waals surface area contributed by atoms with Crippen LogP contribution in [0.3, 0.4) is 0 Å². The Hall–Kier alpha value is -2.30. The van der Waals surface area contributed by atoms with E-state index in [9.17, 15) is 9.90 Å². The van der Waals surface area contributed by atoms with Gasteiger partial charge in [-0.15, -0.1) is 0 Å². The Kier molecular flexibility index (Phi) is 2.82. The van der Waals surface area contributed by atoms with Crippen molar-refractivity contribution in [3.63, 3.8) is 0 Å². The lowest BCUT2D eigenvalue weighted by molar-refractivity contribution is 0.0594. The lowest BCUT2D eigenvalue weighted by Gasteiger charge is -2.06. The second-order valence-electron chi connectivity index (χ2n) is 3.40. The summed E-state index contributed by atoms with van der Waals surface area (Å²) in [5.74, 6) is 0.0157. The molecule has 0 saturated carbocycles. The summed E-state index contributed by atoms with van der Waals surface area (Å²) in [7, 11) is 2.79. The molecule has 0 aliphatic carbocycles. The molecule has 88 valence electrons. The third-order valence-electron chi connectivity index (χ3n) is 2.37. The second kappa shape index (κ2) is 4.29. The van der Waals surface area contributed by atoms with Gasteiger partial charge in [0.1, 0.15) is 17.2 Å². The molecule has 1 aromatic heterocycles. The molecular weight excluding hydrogens is 222 g/mol. The number of pyridine rings is 1. The molecule has 5 nitrogen and oxygen atoms in total. The van der Waals surface area contributed by atoms with Crippen molar-refractivity contribution in [2.24, 2.45) is 0 Å². The number of rotatable bonds is 2. The minimum absolute atomic E-state index is 0.0314. The van der Waals surface area contributed by atoms with Gasteiger partial charge in [0.05, 0.1) is 19.7 Å². The van der Waals surface area contributed by atoms with Gasteiger partial charge in [-0.05, 0) is 12.1 Å². The minimum atomic E-state index is -0.519. The van der Waals surface area contributed by atoms with E-state index < -0.39 is 5.97 Å². The lowest BCUT2D eigenvalue weighted by Crippen LogP contribution is -2.04. The first-order valence-electron chi connectivity index (χ1n) is 4.92. The Morgan fingerprint density at radius 1 is 1.29 bits per heavy atom. The number of ether oxygens (including phenoxy) is 2. The molecule has 0 fully saturated rings. The van der Waals surface area contributed by atoms with Crippen molar-refractivity contribution in [3.8, 4) is 11.5 Å². The fourth-order valence-corrected chi connectivity index (χ4v) is 1.57. The third-order valence-corrected chi connectivity index (χ3v) is 2.37. The molecule has 1 heterocycles. The molecule has 0 amide bonds. The summed E-state index contributed by atoms with van der Waals surface area (Å²) in [5, 5.41) is 10.2. The monoisotopic (exact) mass is 233 g/mol. The van der Waals surface area contributed by atoms with Gasteiger partial charge in [-0.3, -0.25) is 0 Å². The van der Waals surface area contributed by atoms with Crippen LogP contribution in [0.1, 0.15) is 10.5 Å². The molecule has 0 aliphatic heterocycles. The van der Waals surface area contributed by atoms with Crippen LogP contribution in [-0.4, -0.2) is 30.3 Å². The van der Waals surface area contributed by atoms with Gasteiger partial charge in [-0.1, -0.05) is 0 Å². The SMILES string of the molecule is COC(=O)c1ccc2c(OC)cc(O)cc2n1. The number of carbonyl (C=O) groups excluding carboxylic acids is 1. The highest BCUT2D eigenvalue weighted by Crippen LogP contribution is 2.29. The summed E-state index contributed by atoms with van der Waals surface area (Å²) in [5.41, 5.74) is 0.664. The van der Waals surface area contributed by atoms with Crippen LogP contribution in [0.4, 0.5) is 0 Å². The second-order valence-corrected chi connectivity index (χ2v) is 3.40. The molecular formula is C12H11NO4. The van der Waals surface area contributed by atoms with Crippen molar-refractivity contribution < 1.29 is 19.4 Å². The lowest BCUT2D eigenvalue weighted by atomic mass is 10.1. The van der Waals surface area contributed by atoms with E-state index >= 15 is 0 Å². The van der Waals surface area contributed by atoms with E-state index in [-0.39, 0.29) is 11.4 Å². The van der Waals surface area contributed by atoms with E-state index in [4.69, 9.17) is 4.74 Å². The Labute approximate surface area is 97.6 Å². The molecule has 0 saturated heterocycles. The van der Waals surface area contributed by atoms with Crippen LogP contribution in [0.5, 0.6) is 11.5 Å². The van der Waals surface area contributed by atoms with Crippen molar-refractivity contribution in [2.45, 2.75) is 0 Å². The van der Waals surface area contributed by atoms with Gasteiger partial charge in [0.15, 0.2) is 0 Å². The minimum Gasteiger partial charge on any atom is -0.508 e. The van der Waals surface area contributed by atoms with Crippen molar-refractivity contribution in [1.82, 2.24) is 4.98 Å². The van der Waals surface area contributed by atoms with Crippen LogP contribution in [-0.2, 0) is 4.74 Å². The average molecular weight is 233 g/mol. The van der Waals surface area contributed by atoms with Crippen LogP contribution >= 0.6 is 0 Å². The average Bonchev–Trinajstić information content (AvgIpc) is 2.35. The van der Waals surface area contributed by atoms with Gasteiger partial charge >= 0.3 is 5.97 Å². The zero-order valence-electron chi connectivity index (χ0n) is 9.43. The van der Waals surface area contributed by atoms with Gasteiger partial charge in [0.25, 0.3) is 0 Å². The van der Waals surface area contributed by atoms with Crippen LogP contribution < -0.4 is 4.74 Å². The number of aromatic hydroxyl groups is 1. The number of esters is 1. The van der Waals surface area contributed by atoms with E-state index in [0.717, 1.165) is 5.39 Å². The van der Waals surface area contributed by atoms with Crippen molar-refractivity contribution in [1.29, 1.82) is 0 Å². The Morgan fingerprint density at radius 2 is 2.06 bits per heavy atom. The number of phenolic OH excluding ortho intramolecular Hbond substituents is 1. The fraction of sp³-hybridized carbons (Fsp3) is 0.167. The number of hydrogen-bond donors (Lipinski definition) is 1. The molecule has 0 radical (unpaired) electrons. The first-order valence-corrected chi connectivity index (χ1v) is 4.92. The number of benzene rings is 1. The topological polar surface area (TPSA) is 68.7 Å². The van der Waals surface area contributed by atoms with Gasteiger partial charge in [-0.2, -0.15) is 0 Å². The highest BCUT2D eigenvalue weighted by atomic mass is 16.5. The molecule has 0 aliphatic rings. The third kappa shape index (κ3) is 1.99. The molecule has 5 heteroatoms. The molecule has 0 bridgehead atoms.